The first kappa shape index (κ1) is 36.3. The van der Waals surface area contributed by atoms with Crippen LogP contribution in [0.25, 0.3) is 11.0 Å². The first-order valence-electron chi connectivity index (χ1n) is 17.0. The number of carbonyl (C=O) groups excluding carboxylic acids is 1. The maximum absolute atomic E-state index is 14.5. The smallest absolute Gasteiger partial charge is 0.414 e. The van der Waals surface area contributed by atoms with E-state index in [4.69, 9.17) is 13.9 Å². The highest BCUT2D eigenvalue weighted by Crippen LogP contribution is 2.40. The number of para-hydroxylation sites is 1. The van der Waals surface area contributed by atoms with Gasteiger partial charge in [0.05, 0.1) is 34.8 Å². The number of hydrogen-bond acceptors (Lipinski definition) is 11. The molecule has 5 aromatic rings. The van der Waals surface area contributed by atoms with E-state index in [0.717, 1.165) is 11.1 Å². The number of aromatic amines is 1. The summed E-state index contributed by atoms with van der Waals surface area (Å²) in [5, 5.41) is 10.4. The molecule has 52 heavy (non-hydrogen) atoms. The summed E-state index contributed by atoms with van der Waals surface area (Å²) in [5.74, 6) is 0.296. The third-order valence-electron chi connectivity index (χ3n) is 8.31. The van der Waals surface area contributed by atoms with Crippen LogP contribution in [0.15, 0.2) is 89.0 Å². The number of carbonyl (C=O) groups is 1. The quantitative estimate of drug-likeness (QED) is 0.0866. The van der Waals surface area contributed by atoms with Crippen molar-refractivity contribution in [3.8, 4) is 0 Å². The summed E-state index contributed by atoms with van der Waals surface area (Å²) in [6.07, 6.45) is 9.02. The van der Waals surface area contributed by atoms with Crippen LogP contribution in [0.1, 0.15) is 44.7 Å². The highest BCUT2D eigenvalue weighted by molar-refractivity contribution is 7.86. The number of amides is 1. The van der Waals surface area contributed by atoms with Crippen molar-refractivity contribution < 1.29 is 22.1 Å². The molecule has 1 aliphatic rings. The number of ether oxygens (including phenoxy) is 1. The van der Waals surface area contributed by atoms with Crippen LogP contribution >= 0.6 is 0 Å². The lowest BCUT2D eigenvalue weighted by Gasteiger charge is -2.39. The molecule has 2 N–H and O–H groups in total. The molecule has 0 saturated carbocycles. The second-order valence-electron chi connectivity index (χ2n) is 13.4. The third-order valence-corrected chi connectivity index (χ3v) is 9.64. The van der Waals surface area contributed by atoms with E-state index in [9.17, 15) is 18.0 Å². The van der Waals surface area contributed by atoms with Gasteiger partial charge in [-0.15, -0.1) is 0 Å². The Kier molecular flexibility index (Phi) is 10.4. The van der Waals surface area contributed by atoms with Gasteiger partial charge in [0.15, 0.2) is 0 Å². The molecule has 0 radical (unpaired) electrons. The van der Waals surface area contributed by atoms with Gasteiger partial charge in [0, 0.05) is 37.4 Å². The Morgan fingerprint density at radius 2 is 1.79 bits per heavy atom. The monoisotopic (exact) mass is 726 g/mol. The highest BCUT2D eigenvalue weighted by atomic mass is 32.2. The van der Waals surface area contributed by atoms with Crippen LogP contribution in [0.3, 0.4) is 0 Å². The van der Waals surface area contributed by atoms with E-state index in [2.05, 4.69) is 20.5 Å². The normalized spacial score (nSPS) is 13.5. The average molecular weight is 727 g/mol. The molecule has 0 unspecified atom stereocenters. The third kappa shape index (κ3) is 8.16. The number of H-pyrrole nitrogens is 1. The van der Waals surface area contributed by atoms with Crippen molar-refractivity contribution in [3.05, 3.63) is 101 Å². The second kappa shape index (κ2) is 15.0. The van der Waals surface area contributed by atoms with Gasteiger partial charge in [-0.05, 0) is 77.3 Å². The summed E-state index contributed by atoms with van der Waals surface area (Å²) in [5.41, 5.74) is 3.79. The molecule has 0 spiro atoms. The number of pyridine rings is 1. The van der Waals surface area contributed by atoms with Gasteiger partial charge in [-0.1, -0.05) is 42.0 Å². The van der Waals surface area contributed by atoms with Crippen molar-refractivity contribution in [2.75, 3.05) is 34.8 Å². The van der Waals surface area contributed by atoms with E-state index in [1.807, 2.05) is 69.9 Å². The van der Waals surface area contributed by atoms with Gasteiger partial charge in [0.25, 0.3) is 15.7 Å². The van der Waals surface area contributed by atoms with E-state index in [1.54, 1.807) is 46.3 Å². The summed E-state index contributed by atoms with van der Waals surface area (Å²) in [6, 6.07) is 14.0. The molecule has 3 aromatic heterocycles. The summed E-state index contributed by atoms with van der Waals surface area (Å²) >= 11 is 0. The molecule has 2 aromatic carbocycles. The Morgan fingerprint density at radius 1 is 1.02 bits per heavy atom. The zero-order chi connectivity index (χ0) is 37.0. The average Bonchev–Trinajstić information content (AvgIpc) is 3.61. The van der Waals surface area contributed by atoms with Crippen molar-refractivity contribution >= 4 is 55.9 Å². The Hall–Kier alpha value is -5.54. The van der Waals surface area contributed by atoms with Crippen molar-refractivity contribution in [3.63, 3.8) is 0 Å². The molecule has 14 nitrogen and oxygen atoms in total. The highest BCUT2D eigenvalue weighted by Gasteiger charge is 2.33. The largest absolute Gasteiger partial charge is 0.443 e. The van der Waals surface area contributed by atoms with E-state index >= 15 is 0 Å². The SMILES string of the molecule is Cc1ccc(S(=O)(=O)OCC/C=C\CCn2c(=O)c(N3CCN(C(=O)OC(C)(C)C)c4c(C)cccc43)cc3cnc(Nc4cn[nH]c4)nc32)cc1. The van der Waals surface area contributed by atoms with Crippen LogP contribution in [0.4, 0.5) is 33.5 Å². The molecule has 1 amide bonds. The maximum Gasteiger partial charge on any atom is 0.414 e. The lowest BCUT2D eigenvalue weighted by Crippen LogP contribution is -2.46. The minimum atomic E-state index is -3.86. The first-order chi connectivity index (χ1) is 24.8. The molecular formula is C37H42N8O6S. The number of allylic oxidation sites excluding steroid dienone is 1. The Bertz CT molecular complexity index is 2260. The molecule has 4 heterocycles. The van der Waals surface area contributed by atoms with Crippen LogP contribution in [0.5, 0.6) is 0 Å². The number of benzene rings is 2. The van der Waals surface area contributed by atoms with Crippen molar-refractivity contribution in [2.45, 2.75) is 64.5 Å². The first-order valence-corrected chi connectivity index (χ1v) is 18.4. The molecular weight excluding hydrogens is 685 g/mol. The predicted molar refractivity (Wildman–Crippen MR) is 200 cm³/mol. The standard InChI is InChI=1S/C37H42N8O6S/c1-25-13-15-29(16-14-25)52(48,49)50-20-9-7-6-8-17-45-33-27(22-38-35(42-33)41-28-23-39-40-24-28)21-31(34(45)46)43-18-19-44(36(47)51-37(3,4)5)32-26(2)11-10-12-30(32)43/h6-7,10-16,21-24H,8-9,17-20H2,1-5H3,(H,39,40)(H,38,41,42)/b7-6-. The molecule has 0 atom stereocenters. The lowest BCUT2D eigenvalue weighted by molar-refractivity contribution is 0.0580. The fraction of sp³-hybridized carbons (Fsp3) is 0.324. The van der Waals surface area contributed by atoms with Gasteiger partial charge in [-0.25, -0.2) is 9.78 Å². The fourth-order valence-corrected chi connectivity index (χ4v) is 6.81. The second-order valence-corrected chi connectivity index (χ2v) is 15.1. The van der Waals surface area contributed by atoms with Crippen LogP contribution in [0, 0.1) is 13.8 Å². The van der Waals surface area contributed by atoms with Gasteiger partial charge < -0.3 is 15.0 Å². The number of nitrogens with zero attached hydrogens (tertiary/aromatic N) is 6. The zero-order valence-corrected chi connectivity index (χ0v) is 30.6. The Labute approximate surface area is 302 Å². The van der Waals surface area contributed by atoms with Crippen LogP contribution in [0.2, 0.25) is 0 Å². The summed E-state index contributed by atoms with van der Waals surface area (Å²) in [7, 11) is -3.86. The fourth-order valence-electron chi connectivity index (χ4n) is 5.89. The number of hydrogen-bond donors (Lipinski definition) is 2. The molecule has 0 bridgehead atoms. The van der Waals surface area contributed by atoms with Gasteiger partial charge in [-0.2, -0.15) is 18.5 Å². The molecule has 0 saturated heterocycles. The number of aromatic nitrogens is 5. The van der Waals surface area contributed by atoms with Crippen LogP contribution < -0.4 is 20.7 Å². The molecule has 1 aliphatic heterocycles. The number of aryl methyl sites for hydroxylation is 3. The van der Waals surface area contributed by atoms with Crippen LogP contribution in [-0.2, 0) is 25.6 Å². The van der Waals surface area contributed by atoms with Crippen molar-refractivity contribution in [1.29, 1.82) is 0 Å². The topological polar surface area (TPSA) is 165 Å². The predicted octanol–water partition coefficient (Wildman–Crippen LogP) is 6.51. The minimum absolute atomic E-state index is 0.0184. The molecule has 272 valence electrons. The van der Waals surface area contributed by atoms with Gasteiger partial charge in [0.1, 0.15) is 16.9 Å². The number of fused-ring (bicyclic) bond motifs is 2. The van der Waals surface area contributed by atoms with Crippen molar-refractivity contribution in [2.24, 2.45) is 0 Å². The van der Waals surface area contributed by atoms with Gasteiger partial charge >= 0.3 is 6.09 Å². The molecule has 0 aliphatic carbocycles. The lowest BCUT2D eigenvalue weighted by atomic mass is 10.1. The van der Waals surface area contributed by atoms with Crippen molar-refractivity contribution in [1.82, 2.24) is 24.7 Å². The zero-order valence-electron chi connectivity index (χ0n) is 29.8. The Morgan fingerprint density at radius 3 is 2.52 bits per heavy atom. The van der Waals surface area contributed by atoms with E-state index < -0.39 is 21.8 Å². The maximum atomic E-state index is 14.5. The molecule has 15 heteroatoms. The van der Waals surface area contributed by atoms with E-state index in [-0.39, 0.29) is 23.6 Å². The summed E-state index contributed by atoms with van der Waals surface area (Å²) in [4.78, 5) is 40.6. The van der Waals surface area contributed by atoms with Gasteiger partial charge in [0.2, 0.25) is 5.95 Å². The van der Waals surface area contributed by atoms with E-state index in [1.165, 1.54) is 12.1 Å². The Balaban J connectivity index is 1.27. The van der Waals surface area contributed by atoms with Gasteiger partial charge in [-0.3, -0.25) is 23.5 Å². The molecule has 0 fully saturated rings. The minimum Gasteiger partial charge on any atom is -0.443 e. The number of nitrogens with one attached hydrogen (secondary N) is 2. The van der Waals surface area contributed by atoms with Crippen LogP contribution in [-0.4, -0.2) is 64.5 Å². The summed E-state index contributed by atoms with van der Waals surface area (Å²) < 4.78 is 37.6. The number of rotatable bonds is 11. The number of anilines is 5. The van der Waals surface area contributed by atoms with E-state index in [0.29, 0.717) is 65.7 Å². The summed E-state index contributed by atoms with van der Waals surface area (Å²) in [6.45, 7) is 10.2. The molecule has 6 rings (SSSR count).